The third kappa shape index (κ3) is 3.91. The molecule has 0 radical (unpaired) electrons. The summed E-state index contributed by atoms with van der Waals surface area (Å²) < 4.78 is 32.3. The summed E-state index contributed by atoms with van der Waals surface area (Å²) in [6, 6.07) is 1.50. The third-order valence-corrected chi connectivity index (χ3v) is 4.18. The largest absolute Gasteiger partial charge is 0.380 e. The number of nitrogens with one attached hydrogen (secondary N) is 2. The number of aromatic nitrogens is 1. The highest BCUT2D eigenvalue weighted by Crippen LogP contribution is 2.22. The maximum absolute atomic E-state index is 12.1. The van der Waals surface area contributed by atoms with Crippen molar-refractivity contribution in [2.75, 3.05) is 26.0 Å². The fraction of sp³-hybridized carbons (Fsp3) is 0.500. The summed E-state index contributed by atoms with van der Waals surface area (Å²) in [6.45, 7) is 1.98. The van der Waals surface area contributed by atoms with Crippen molar-refractivity contribution in [1.29, 1.82) is 0 Å². The van der Waals surface area contributed by atoms with Crippen LogP contribution in [0.4, 0.5) is 5.82 Å². The van der Waals surface area contributed by atoms with Gasteiger partial charge in [0.1, 0.15) is 10.7 Å². The van der Waals surface area contributed by atoms with Crippen LogP contribution in [0.5, 0.6) is 0 Å². The molecule has 1 rings (SSSR count). The number of halogens is 1. The van der Waals surface area contributed by atoms with E-state index in [2.05, 4.69) is 31.0 Å². The zero-order valence-corrected chi connectivity index (χ0v) is 12.8. The van der Waals surface area contributed by atoms with Gasteiger partial charge in [0.2, 0.25) is 10.0 Å². The molecule has 0 bridgehead atoms. The Kier molecular flexibility index (Phi) is 5.51. The Morgan fingerprint density at radius 3 is 2.78 bits per heavy atom. The van der Waals surface area contributed by atoms with Crippen LogP contribution >= 0.6 is 15.9 Å². The van der Waals surface area contributed by atoms with Gasteiger partial charge in [-0.05, 0) is 28.9 Å². The van der Waals surface area contributed by atoms with E-state index < -0.39 is 10.0 Å². The first-order valence-corrected chi connectivity index (χ1v) is 7.54. The van der Waals surface area contributed by atoms with Gasteiger partial charge in [-0.2, -0.15) is 0 Å². The molecule has 1 aromatic rings. The van der Waals surface area contributed by atoms with Crippen LogP contribution in [0, 0.1) is 0 Å². The molecular weight excluding hydrogens is 322 g/mol. The first-order chi connectivity index (χ1) is 8.40. The third-order valence-electron chi connectivity index (χ3n) is 2.31. The van der Waals surface area contributed by atoms with Crippen LogP contribution in [0.25, 0.3) is 0 Å². The maximum atomic E-state index is 12.1. The molecule has 0 saturated heterocycles. The van der Waals surface area contributed by atoms with Gasteiger partial charge in [0.05, 0.1) is 6.10 Å². The standard InChI is InChI=1S/C10H16BrN3O3S/c1-7(17-3)5-14-18(15,16)9-4-8(11)6-13-10(9)12-2/h4,6-7,14H,5H2,1-3H3,(H,12,13). The molecule has 1 aromatic heterocycles. The van der Waals surface area contributed by atoms with E-state index in [9.17, 15) is 8.42 Å². The van der Waals surface area contributed by atoms with Crippen molar-refractivity contribution in [3.8, 4) is 0 Å². The summed E-state index contributed by atoms with van der Waals surface area (Å²) in [4.78, 5) is 4.10. The van der Waals surface area contributed by atoms with Gasteiger partial charge in [0.15, 0.2) is 0 Å². The Balaban J connectivity index is 3.00. The second-order valence-corrected chi connectivity index (χ2v) is 6.30. The van der Waals surface area contributed by atoms with Gasteiger partial charge in [-0.25, -0.2) is 18.1 Å². The molecule has 6 nitrogen and oxygen atoms in total. The van der Waals surface area contributed by atoms with Crippen LogP contribution in [-0.4, -0.2) is 40.2 Å². The van der Waals surface area contributed by atoms with E-state index in [1.54, 1.807) is 14.0 Å². The lowest BCUT2D eigenvalue weighted by atomic mass is 10.4. The Bertz CT molecular complexity index is 507. The van der Waals surface area contributed by atoms with E-state index in [1.807, 2.05) is 0 Å². The fourth-order valence-corrected chi connectivity index (χ4v) is 2.99. The Labute approximate surface area is 115 Å². The van der Waals surface area contributed by atoms with E-state index in [0.29, 0.717) is 10.3 Å². The van der Waals surface area contributed by atoms with Gasteiger partial charge in [-0.15, -0.1) is 0 Å². The molecule has 0 aliphatic carbocycles. The Morgan fingerprint density at radius 1 is 1.56 bits per heavy atom. The van der Waals surface area contributed by atoms with Crippen LogP contribution in [-0.2, 0) is 14.8 Å². The number of ether oxygens (including phenoxy) is 1. The summed E-state index contributed by atoms with van der Waals surface area (Å²) in [5, 5.41) is 2.75. The molecule has 0 spiro atoms. The molecule has 8 heteroatoms. The highest BCUT2D eigenvalue weighted by atomic mass is 79.9. The number of sulfonamides is 1. The van der Waals surface area contributed by atoms with Crippen LogP contribution in [0.2, 0.25) is 0 Å². The smallest absolute Gasteiger partial charge is 0.244 e. The van der Waals surface area contributed by atoms with Crippen molar-refractivity contribution >= 4 is 31.8 Å². The van der Waals surface area contributed by atoms with Crippen LogP contribution in [0.15, 0.2) is 21.6 Å². The molecule has 18 heavy (non-hydrogen) atoms. The molecule has 0 fully saturated rings. The summed E-state index contributed by atoms with van der Waals surface area (Å²) in [6.07, 6.45) is 1.33. The van der Waals surface area contributed by atoms with Crippen molar-refractivity contribution < 1.29 is 13.2 Å². The average Bonchev–Trinajstić information content (AvgIpc) is 2.36. The molecule has 2 N–H and O–H groups in total. The SMILES string of the molecule is CNc1ncc(Br)cc1S(=O)(=O)NCC(C)OC. The van der Waals surface area contributed by atoms with Crippen LogP contribution in [0.3, 0.4) is 0 Å². The molecule has 0 aliphatic rings. The Morgan fingerprint density at radius 2 is 2.22 bits per heavy atom. The summed E-state index contributed by atoms with van der Waals surface area (Å²) in [7, 11) is -0.471. The molecule has 102 valence electrons. The van der Waals surface area contributed by atoms with E-state index in [-0.39, 0.29) is 17.5 Å². The zero-order chi connectivity index (χ0) is 13.8. The topological polar surface area (TPSA) is 80.3 Å². The minimum atomic E-state index is -3.62. The highest BCUT2D eigenvalue weighted by molar-refractivity contribution is 9.10. The molecule has 1 atom stereocenters. The van der Waals surface area contributed by atoms with Gasteiger partial charge in [0, 0.05) is 31.4 Å². The van der Waals surface area contributed by atoms with Crippen LogP contribution in [0.1, 0.15) is 6.92 Å². The lowest BCUT2D eigenvalue weighted by molar-refractivity contribution is 0.122. The number of methoxy groups -OCH3 is 1. The van der Waals surface area contributed by atoms with Crippen molar-refractivity contribution in [3.05, 3.63) is 16.7 Å². The Hall–Kier alpha value is -0.700. The minimum absolute atomic E-state index is 0.0997. The number of pyridine rings is 1. The van der Waals surface area contributed by atoms with Crippen molar-refractivity contribution in [1.82, 2.24) is 9.71 Å². The summed E-state index contributed by atoms with van der Waals surface area (Å²) in [5.41, 5.74) is 0. The predicted molar refractivity (Wildman–Crippen MR) is 73.1 cm³/mol. The molecular formula is C10H16BrN3O3S. The van der Waals surface area contributed by atoms with Gasteiger partial charge in [0.25, 0.3) is 0 Å². The second kappa shape index (κ2) is 6.46. The van der Waals surface area contributed by atoms with Crippen molar-refractivity contribution in [2.45, 2.75) is 17.9 Å². The number of rotatable bonds is 6. The first-order valence-electron chi connectivity index (χ1n) is 5.26. The van der Waals surface area contributed by atoms with E-state index in [1.165, 1.54) is 19.4 Å². The number of nitrogens with zero attached hydrogens (tertiary/aromatic N) is 1. The summed E-state index contributed by atoms with van der Waals surface area (Å²) >= 11 is 3.20. The van der Waals surface area contributed by atoms with E-state index in [4.69, 9.17) is 4.74 Å². The highest BCUT2D eigenvalue weighted by Gasteiger charge is 2.20. The van der Waals surface area contributed by atoms with Crippen molar-refractivity contribution in [3.63, 3.8) is 0 Å². The van der Waals surface area contributed by atoms with Gasteiger partial charge in [-0.1, -0.05) is 0 Å². The molecule has 0 amide bonds. The molecule has 0 saturated carbocycles. The first kappa shape index (κ1) is 15.4. The molecule has 0 aliphatic heterocycles. The normalized spacial score (nSPS) is 13.3. The molecule has 0 aromatic carbocycles. The average molecular weight is 338 g/mol. The lowest BCUT2D eigenvalue weighted by Gasteiger charge is -2.13. The van der Waals surface area contributed by atoms with E-state index >= 15 is 0 Å². The quantitative estimate of drug-likeness (QED) is 0.815. The fourth-order valence-electron chi connectivity index (χ4n) is 1.20. The van der Waals surface area contributed by atoms with E-state index in [0.717, 1.165) is 0 Å². The monoisotopic (exact) mass is 337 g/mol. The molecule has 1 unspecified atom stereocenters. The minimum Gasteiger partial charge on any atom is -0.380 e. The van der Waals surface area contributed by atoms with Gasteiger partial charge in [-0.3, -0.25) is 0 Å². The zero-order valence-electron chi connectivity index (χ0n) is 10.4. The summed E-state index contributed by atoms with van der Waals surface area (Å²) in [5.74, 6) is 0.302. The lowest BCUT2D eigenvalue weighted by Crippen LogP contribution is -2.32. The maximum Gasteiger partial charge on any atom is 0.244 e. The van der Waals surface area contributed by atoms with Gasteiger partial charge < -0.3 is 10.1 Å². The molecule has 1 heterocycles. The van der Waals surface area contributed by atoms with Crippen LogP contribution < -0.4 is 10.0 Å². The van der Waals surface area contributed by atoms with Crippen molar-refractivity contribution in [2.24, 2.45) is 0 Å². The number of hydrogen-bond donors (Lipinski definition) is 2. The second-order valence-electron chi connectivity index (χ2n) is 3.65. The van der Waals surface area contributed by atoms with Gasteiger partial charge >= 0.3 is 0 Å². The number of anilines is 1. The number of hydrogen-bond acceptors (Lipinski definition) is 5. The predicted octanol–water partition coefficient (Wildman–Crippen LogP) is 1.20.